The summed E-state index contributed by atoms with van der Waals surface area (Å²) < 4.78 is 5.58. The van der Waals surface area contributed by atoms with E-state index in [0.29, 0.717) is 15.7 Å². The Bertz CT molecular complexity index is 599. The van der Waals surface area contributed by atoms with Gasteiger partial charge in [-0.1, -0.05) is 6.07 Å². The second-order valence-corrected chi connectivity index (χ2v) is 6.33. The van der Waals surface area contributed by atoms with Crippen molar-refractivity contribution in [1.29, 1.82) is 0 Å². The van der Waals surface area contributed by atoms with Crippen molar-refractivity contribution in [1.82, 2.24) is 0 Å². The van der Waals surface area contributed by atoms with E-state index in [0.717, 1.165) is 30.8 Å². The number of hydrogen-bond donors (Lipinski definition) is 1. The van der Waals surface area contributed by atoms with Gasteiger partial charge in [0.2, 0.25) is 0 Å². The first-order valence-electron chi connectivity index (χ1n) is 8.62. The Morgan fingerprint density at radius 3 is 2.12 bits per heavy atom. The Morgan fingerprint density at radius 1 is 1.12 bits per heavy atom. The molecular weight excluding hydrogens is 304 g/mol. The average Bonchev–Trinajstić information content (AvgIpc) is 2.57. The largest absolute Gasteiger partial charge is 0.465 e. The molecule has 0 fully saturated rings. The number of ether oxygens (including phenoxy) is 1. The number of esters is 1. The number of benzene rings is 1. The minimum Gasteiger partial charge on any atom is -0.465 e. The van der Waals surface area contributed by atoms with E-state index in [1.807, 2.05) is 26.8 Å². The molecule has 5 heteroatoms. The van der Waals surface area contributed by atoms with Crippen molar-refractivity contribution in [3.05, 3.63) is 28.8 Å². The van der Waals surface area contributed by atoms with Crippen LogP contribution in [0.1, 0.15) is 49.2 Å². The second-order valence-electron chi connectivity index (χ2n) is 6.33. The lowest BCUT2D eigenvalue weighted by Gasteiger charge is -2.40. The van der Waals surface area contributed by atoms with Crippen LogP contribution in [0.4, 0.5) is 5.69 Å². The predicted molar refractivity (Wildman–Crippen MR) is 97.2 cm³/mol. The number of nitrogens with one attached hydrogen (secondary N) is 1. The van der Waals surface area contributed by atoms with Crippen LogP contribution < -0.4 is 5.32 Å². The van der Waals surface area contributed by atoms with Crippen molar-refractivity contribution in [3.63, 3.8) is 0 Å². The van der Waals surface area contributed by atoms with Gasteiger partial charge in [-0.15, -0.1) is 0 Å². The SMILES string of the molecule is CC[N+](CC)(CC)C(C)C(=O)Nc1c(C)cc(C)cc1C(=O)OC. The summed E-state index contributed by atoms with van der Waals surface area (Å²) in [6.45, 7) is 14.7. The molecule has 5 nitrogen and oxygen atoms in total. The third-order valence-corrected chi connectivity index (χ3v) is 5.22. The lowest BCUT2D eigenvalue weighted by atomic mass is 10.0. The van der Waals surface area contributed by atoms with Gasteiger partial charge < -0.3 is 14.5 Å². The molecule has 1 aromatic rings. The molecule has 1 unspecified atom stereocenters. The van der Waals surface area contributed by atoms with Crippen molar-refractivity contribution >= 4 is 17.6 Å². The van der Waals surface area contributed by atoms with E-state index < -0.39 is 5.97 Å². The van der Waals surface area contributed by atoms with Gasteiger partial charge in [-0.25, -0.2) is 4.79 Å². The number of amides is 1. The zero-order valence-electron chi connectivity index (χ0n) is 16.0. The molecule has 0 aliphatic carbocycles. The molecule has 0 heterocycles. The van der Waals surface area contributed by atoms with E-state index in [-0.39, 0.29) is 11.9 Å². The van der Waals surface area contributed by atoms with Gasteiger partial charge in [-0.05, 0) is 58.7 Å². The number of carbonyl (C=O) groups excluding carboxylic acids is 2. The highest BCUT2D eigenvalue weighted by molar-refractivity contribution is 6.03. The van der Waals surface area contributed by atoms with Crippen molar-refractivity contribution in [3.8, 4) is 0 Å². The van der Waals surface area contributed by atoms with Crippen LogP contribution in [0.2, 0.25) is 0 Å². The fourth-order valence-corrected chi connectivity index (χ4v) is 3.37. The summed E-state index contributed by atoms with van der Waals surface area (Å²) in [6, 6.07) is 3.51. The maximum Gasteiger partial charge on any atom is 0.339 e. The topological polar surface area (TPSA) is 55.4 Å². The monoisotopic (exact) mass is 335 g/mol. The first kappa shape index (κ1) is 20.2. The van der Waals surface area contributed by atoms with Gasteiger partial charge in [0.1, 0.15) is 0 Å². The average molecular weight is 335 g/mol. The maximum absolute atomic E-state index is 12.9. The molecular formula is C19H31N2O3+. The Morgan fingerprint density at radius 2 is 1.67 bits per heavy atom. The number of likely N-dealkylation sites (N-methyl/N-ethyl adjacent to an activating group) is 1. The van der Waals surface area contributed by atoms with Crippen LogP contribution in [0.25, 0.3) is 0 Å². The highest BCUT2D eigenvalue weighted by atomic mass is 16.5. The lowest BCUT2D eigenvalue weighted by Crippen LogP contribution is -2.58. The van der Waals surface area contributed by atoms with Crippen LogP contribution in [-0.4, -0.2) is 49.1 Å². The van der Waals surface area contributed by atoms with Gasteiger partial charge >= 0.3 is 5.97 Å². The molecule has 0 saturated carbocycles. The van der Waals surface area contributed by atoms with Gasteiger partial charge in [0, 0.05) is 0 Å². The molecule has 1 rings (SSSR count). The zero-order chi connectivity index (χ0) is 18.5. The molecule has 24 heavy (non-hydrogen) atoms. The summed E-state index contributed by atoms with van der Waals surface area (Å²) >= 11 is 0. The van der Waals surface area contributed by atoms with Crippen molar-refractivity contribution in [2.75, 3.05) is 32.1 Å². The molecule has 0 aromatic heterocycles. The maximum atomic E-state index is 12.9. The lowest BCUT2D eigenvalue weighted by molar-refractivity contribution is -0.936. The smallest absolute Gasteiger partial charge is 0.339 e. The number of anilines is 1. The quantitative estimate of drug-likeness (QED) is 0.614. The minimum absolute atomic E-state index is 0.0716. The number of methoxy groups -OCH3 is 1. The molecule has 1 N–H and O–H groups in total. The molecule has 0 saturated heterocycles. The third-order valence-electron chi connectivity index (χ3n) is 5.22. The highest BCUT2D eigenvalue weighted by Gasteiger charge is 2.35. The number of nitrogens with zero attached hydrogens (tertiary/aromatic N) is 1. The summed E-state index contributed by atoms with van der Waals surface area (Å²) in [6.07, 6.45) is 0. The summed E-state index contributed by atoms with van der Waals surface area (Å²) in [7, 11) is 1.35. The fraction of sp³-hybridized carbons (Fsp3) is 0.579. The van der Waals surface area contributed by atoms with Gasteiger partial charge in [0.25, 0.3) is 5.91 Å². The van der Waals surface area contributed by atoms with E-state index >= 15 is 0 Å². The van der Waals surface area contributed by atoms with Gasteiger partial charge in [-0.3, -0.25) is 4.79 Å². The molecule has 0 aliphatic heterocycles. The predicted octanol–water partition coefficient (Wildman–Crippen LogP) is 3.29. The molecule has 1 amide bonds. The number of aryl methyl sites for hydroxylation is 2. The van der Waals surface area contributed by atoms with Crippen LogP contribution in [0.5, 0.6) is 0 Å². The Balaban J connectivity index is 3.21. The van der Waals surface area contributed by atoms with Gasteiger partial charge in [-0.2, -0.15) is 0 Å². The molecule has 0 bridgehead atoms. The number of rotatable bonds is 7. The first-order valence-corrected chi connectivity index (χ1v) is 8.62. The molecule has 0 radical (unpaired) electrons. The van der Waals surface area contributed by atoms with Crippen LogP contribution in [0.15, 0.2) is 12.1 Å². The van der Waals surface area contributed by atoms with E-state index in [1.165, 1.54) is 7.11 Å². The first-order chi connectivity index (χ1) is 11.3. The molecule has 134 valence electrons. The van der Waals surface area contributed by atoms with E-state index in [9.17, 15) is 9.59 Å². The van der Waals surface area contributed by atoms with Crippen molar-refractivity contribution in [2.45, 2.75) is 47.6 Å². The zero-order valence-corrected chi connectivity index (χ0v) is 16.0. The molecule has 1 atom stereocenters. The van der Waals surface area contributed by atoms with E-state index in [4.69, 9.17) is 4.74 Å². The van der Waals surface area contributed by atoms with Crippen LogP contribution in [0, 0.1) is 13.8 Å². The molecule has 0 spiro atoms. The highest BCUT2D eigenvalue weighted by Crippen LogP contribution is 2.25. The number of carbonyl (C=O) groups is 2. The van der Waals surface area contributed by atoms with Crippen LogP contribution in [-0.2, 0) is 9.53 Å². The summed E-state index contributed by atoms with van der Waals surface area (Å²) in [5.74, 6) is -0.510. The summed E-state index contributed by atoms with van der Waals surface area (Å²) in [5.41, 5.74) is 2.77. The van der Waals surface area contributed by atoms with E-state index in [2.05, 4.69) is 26.1 Å². The normalized spacial score (nSPS) is 12.6. The van der Waals surface area contributed by atoms with Crippen LogP contribution in [0.3, 0.4) is 0 Å². The summed E-state index contributed by atoms with van der Waals surface area (Å²) in [4.78, 5) is 24.9. The number of quaternary nitrogens is 1. The third kappa shape index (κ3) is 3.96. The van der Waals surface area contributed by atoms with Crippen LogP contribution >= 0.6 is 0 Å². The van der Waals surface area contributed by atoms with Gasteiger partial charge in [0.05, 0.1) is 38.0 Å². The Kier molecular flexibility index (Phi) is 6.96. The van der Waals surface area contributed by atoms with Crippen molar-refractivity contribution < 1.29 is 18.8 Å². The standard InChI is InChI=1S/C19H30N2O3/c1-8-21(9-2,10-3)15(6)18(22)20-17-14(5)11-13(4)12-16(17)19(23)24-7/h11-12,15H,8-10H2,1-7H3/p+1. The molecule has 1 aromatic carbocycles. The summed E-state index contributed by atoms with van der Waals surface area (Å²) in [5, 5.41) is 2.97. The minimum atomic E-state index is -0.438. The Hall–Kier alpha value is -1.88. The molecule has 0 aliphatic rings. The second kappa shape index (κ2) is 8.29. The fourth-order valence-electron chi connectivity index (χ4n) is 3.37. The number of hydrogen-bond acceptors (Lipinski definition) is 3. The van der Waals surface area contributed by atoms with E-state index in [1.54, 1.807) is 6.07 Å². The van der Waals surface area contributed by atoms with Gasteiger partial charge in [0.15, 0.2) is 6.04 Å². The van der Waals surface area contributed by atoms with Crippen molar-refractivity contribution in [2.24, 2.45) is 0 Å². The Labute approximate surface area is 145 Å².